The van der Waals surface area contributed by atoms with E-state index in [0.717, 1.165) is 23.1 Å². The molecule has 1 heteroatoms. The molecule has 2 aromatic carbocycles. The van der Waals surface area contributed by atoms with E-state index in [2.05, 4.69) is 26.0 Å². The van der Waals surface area contributed by atoms with E-state index in [1.54, 1.807) is 0 Å². The minimum Gasteiger partial charge on any atom is -0.294 e. The SMILES string of the molecule is CC/C(C)=C(\CC(=O)c1ccccc1)c1ccccc1. The largest absolute Gasteiger partial charge is 0.294 e. The molecule has 0 radical (unpaired) electrons. The summed E-state index contributed by atoms with van der Waals surface area (Å²) in [7, 11) is 0. The zero-order valence-electron chi connectivity index (χ0n) is 12.1. The first kappa shape index (κ1) is 14.3. The first-order valence-electron chi connectivity index (χ1n) is 7.04. The van der Waals surface area contributed by atoms with Crippen LogP contribution in [0.15, 0.2) is 66.2 Å². The normalized spacial score (nSPS) is 11.9. The van der Waals surface area contributed by atoms with Crippen LogP contribution < -0.4 is 0 Å². The van der Waals surface area contributed by atoms with Gasteiger partial charge in [0, 0.05) is 12.0 Å². The molecule has 0 bridgehead atoms. The second kappa shape index (κ2) is 6.85. The van der Waals surface area contributed by atoms with Crippen LogP contribution >= 0.6 is 0 Å². The molecule has 0 unspecified atom stereocenters. The molecule has 0 aliphatic heterocycles. The van der Waals surface area contributed by atoms with Gasteiger partial charge in [0.05, 0.1) is 0 Å². The van der Waals surface area contributed by atoms with Crippen molar-refractivity contribution in [3.05, 3.63) is 77.4 Å². The number of rotatable bonds is 5. The van der Waals surface area contributed by atoms with E-state index in [0.29, 0.717) is 6.42 Å². The zero-order chi connectivity index (χ0) is 14.4. The molecule has 0 N–H and O–H groups in total. The first-order chi connectivity index (χ1) is 9.72. The smallest absolute Gasteiger partial charge is 0.167 e. The molecular weight excluding hydrogens is 244 g/mol. The van der Waals surface area contributed by atoms with Crippen molar-refractivity contribution in [1.29, 1.82) is 0 Å². The molecule has 1 nitrogen and oxygen atoms in total. The Morgan fingerprint density at radius 1 is 0.850 bits per heavy atom. The van der Waals surface area contributed by atoms with Crippen molar-refractivity contribution in [2.75, 3.05) is 0 Å². The number of benzene rings is 2. The molecule has 2 aromatic rings. The monoisotopic (exact) mass is 264 g/mol. The van der Waals surface area contributed by atoms with Gasteiger partial charge >= 0.3 is 0 Å². The maximum absolute atomic E-state index is 12.4. The predicted molar refractivity (Wildman–Crippen MR) is 84.7 cm³/mol. The van der Waals surface area contributed by atoms with Crippen molar-refractivity contribution in [1.82, 2.24) is 0 Å². The standard InChI is InChI=1S/C19H20O/c1-3-15(2)18(16-10-6-4-7-11-16)14-19(20)17-12-8-5-9-13-17/h4-13H,3,14H2,1-2H3/b18-15+. The summed E-state index contributed by atoms with van der Waals surface area (Å²) in [4.78, 5) is 12.4. The van der Waals surface area contributed by atoms with E-state index in [4.69, 9.17) is 0 Å². The van der Waals surface area contributed by atoms with Crippen LogP contribution in [0.1, 0.15) is 42.6 Å². The maximum atomic E-state index is 12.4. The Hall–Kier alpha value is -2.15. The molecule has 20 heavy (non-hydrogen) atoms. The van der Waals surface area contributed by atoms with E-state index in [-0.39, 0.29) is 5.78 Å². The fourth-order valence-corrected chi connectivity index (χ4v) is 2.24. The number of Topliss-reactive ketones (excluding diaryl/α,β-unsaturated/α-hetero) is 1. The summed E-state index contributed by atoms with van der Waals surface area (Å²) in [6, 6.07) is 19.7. The van der Waals surface area contributed by atoms with Gasteiger partial charge in [-0.3, -0.25) is 4.79 Å². The molecule has 2 rings (SSSR count). The van der Waals surface area contributed by atoms with Crippen molar-refractivity contribution in [2.24, 2.45) is 0 Å². The van der Waals surface area contributed by atoms with E-state index in [1.165, 1.54) is 5.57 Å². The molecule has 0 fully saturated rings. The highest BCUT2D eigenvalue weighted by molar-refractivity contribution is 6.02. The van der Waals surface area contributed by atoms with Gasteiger partial charge in [0.1, 0.15) is 0 Å². The zero-order valence-corrected chi connectivity index (χ0v) is 12.1. The van der Waals surface area contributed by atoms with Crippen LogP contribution in [0, 0.1) is 0 Å². The second-order valence-corrected chi connectivity index (χ2v) is 4.94. The number of ketones is 1. The minimum atomic E-state index is 0.178. The summed E-state index contributed by atoms with van der Waals surface area (Å²) in [5.41, 5.74) is 4.36. The molecule has 0 amide bonds. The molecule has 0 heterocycles. The molecule has 0 aliphatic rings. The van der Waals surface area contributed by atoms with Gasteiger partial charge in [-0.25, -0.2) is 0 Å². The van der Waals surface area contributed by atoms with E-state index in [9.17, 15) is 4.79 Å². The van der Waals surface area contributed by atoms with Gasteiger partial charge in [-0.2, -0.15) is 0 Å². The topological polar surface area (TPSA) is 17.1 Å². The summed E-state index contributed by atoms with van der Waals surface area (Å²) < 4.78 is 0. The number of allylic oxidation sites excluding steroid dienone is 2. The Morgan fingerprint density at radius 3 is 1.85 bits per heavy atom. The Balaban J connectivity index is 2.29. The average molecular weight is 264 g/mol. The van der Waals surface area contributed by atoms with Crippen LogP contribution in [0.4, 0.5) is 0 Å². The second-order valence-electron chi connectivity index (χ2n) is 4.94. The van der Waals surface area contributed by atoms with Gasteiger partial charge in [0.25, 0.3) is 0 Å². The molecule has 0 saturated carbocycles. The van der Waals surface area contributed by atoms with Gasteiger partial charge in [-0.15, -0.1) is 0 Å². The van der Waals surface area contributed by atoms with Gasteiger partial charge in [0.2, 0.25) is 0 Å². The lowest BCUT2D eigenvalue weighted by molar-refractivity contribution is 0.0998. The third-order valence-corrected chi connectivity index (χ3v) is 3.60. The number of hydrogen-bond donors (Lipinski definition) is 0. The third-order valence-electron chi connectivity index (χ3n) is 3.60. The lowest BCUT2D eigenvalue weighted by atomic mass is 9.93. The Morgan fingerprint density at radius 2 is 1.35 bits per heavy atom. The van der Waals surface area contributed by atoms with Gasteiger partial charge in [0.15, 0.2) is 5.78 Å². The van der Waals surface area contributed by atoms with Gasteiger partial charge in [-0.1, -0.05) is 73.2 Å². The number of carbonyl (C=O) groups excluding carboxylic acids is 1. The van der Waals surface area contributed by atoms with Crippen molar-refractivity contribution in [2.45, 2.75) is 26.7 Å². The van der Waals surface area contributed by atoms with Gasteiger partial charge in [-0.05, 0) is 24.5 Å². The maximum Gasteiger partial charge on any atom is 0.167 e. The Labute approximate surface area is 121 Å². The highest BCUT2D eigenvalue weighted by Crippen LogP contribution is 2.25. The van der Waals surface area contributed by atoms with Crippen LogP contribution in [-0.2, 0) is 0 Å². The van der Waals surface area contributed by atoms with Crippen LogP contribution in [0.5, 0.6) is 0 Å². The van der Waals surface area contributed by atoms with E-state index >= 15 is 0 Å². The molecule has 0 atom stereocenters. The molecular formula is C19H20O. The third kappa shape index (κ3) is 3.45. The average Bonchev–Trinajstić information content (AvgIpc) is 2.53. The van der Waals surface area contributed by atoms with Crippen LogP contribution in [-0.4, -0.2) is 5.78 Å². The summed E-state index contributed by atoms with van der Waals surface area (Å²) in [6.07, 6.45) is 1.43. The molecule has 0 spiro atoms. The summed E-state index contributed by atoms with van der Waals surface area (Å²) in [5.74, 6) is 0.178. The lowest BCUT2D eigenvalue weighted by Gasteiger charge is -2.11. The van der Waals surface area contributed by atoms with Crippen molar-refractivity contribution in [3.8, 4) is 0 Å². The highest BCUT2D eigenvalue weighted by Gasteiger charge is 2.12. The van der Waals surface area contributed by atoms with E-state index < -0.39 is 0 Å². The number of hydrogen-bond acceptors (Lipinski definition) is 1. The van der Waals surface area contributed by atoms with Crippen LogP contribution in [0.2, 0.25) is 0 Å². The minimum absolute atomic E-state index is 0.178. The highest BCUT2D eigenvalue weighted by atomic mass is 16.1. The molecule has 102 valence electrons. The van der Waals surface area contributed by atoms with Gasteiger partial charge < -0.3 is 0 Å². The van der Waals surface area contributed by atoms with Crippen molar-refractivity contribution < 1.29 is 4.79 Å². The Bertz CT molecular complexity index is 594. The predicted octanol–water partition coefficient (Wildman–Crippen LogP) is 5.14. The molecule has 0 aromatic heterocycles. The quantitative estimate of drug-likeness (QED) is 0.683. The number of carbonyl (C=O) groups is 1. The Kier molecular flexibility index (Phi) is 4.89. The van der Waals surface area contributed by atoms with Crippen LogP contribution in [0.25, 0.3) is 5.57 Å². The van der Waals surface area contributed by atoms with Crippen molar-refractivity contribution >= 4 is 11.4 Å². The molecule has 0 aliphatic carbocycles. The molecule has 0 saturated heterocycles. The summed E-state index contributed by atoms with van der Waals surface area (Å²) >= 11 is 0. The fraction of sp³-hybridized carbons (Fsp3) is 0.211. The summed E-state index contributed by atoms with van der Waals surface area (Å²) in [5, 5.41) is 0. The summed E-state index contributed by atoms with van der Waals surface area (Å²) in [6.45, 7) is 4.24. The van der Waals surface area contributed by atoms with E-state index in [1.807, 2.05) is 48.5 Å². The first-order valence-corrected chi connectivity index (χ1v) is 7.04. The van der Waals surface area contributed by atoms with Crippen LogP contribution in [0.3, 0.4) is 0 Å². The lowest BCUT2D eigenvalue weighted by Crippen LogP contribution is -2.02. The van der Waals surface area contributed by atoms with Crippen molar-refractivity contribution in [3.63, 3.8) is 0 Å². The fourth-order valence-electron chi connectivity index (χ4n) is 2.24.